The van der Waals surface area contributed by atoms with Crippen molar-refractivity contribution in [3.8, 4) is 0 Å². The molecule has 5 heteroatoms. The van der Waals surface area contributed by atoms with E-state index in [1.54, 1.807) is 42.7 Å². The van der Waals surface area contributed by atoms with Gasteiger partial charge in [0.25, 0.3) is 0 Å². The van der Waals surface area contributed by atoms with E-state index in [0.29, 0.717) is 13.0 Å². The zero-order valence-corrected chi connectivity index (χ0v) is 11.4. The minimum atomic E-state index is -0.748. The van der Waals surface area contributed by atoms with E-state index in [-0.39, 0.29) is 5.91 Å². The van der Waals surface area contributed by atoms with Crippen LogP contribution >= 0.6 is 0 Å². The summed E-state index contributed by atoms with van der Waals surface area (Å²) in [6, 6.07) is 0. The highest BCUT2D eigenvalue weighted by atomic mass is 16.3. The van der Waals surface area contributed by atoms with Gasteiger partial charge in [-0.05, 0) is 26.3 Å². The van der Waals surface area contributed by atoms with E-state index in [1.165, 1.54) is 6.08 Å². The predicted molar refractivity (Wildman–Crippen MR) is 70.8 cm³/mol. The smallest absolute Gasteiger partial charge is 0.246 e. The second-order valence-electron chi connectivity index (χ2n) is 5.10. The fraction of sp³-hybridized carbons (Fsp3) is 0.538. The van der Waals surface area contributed by atoms with E-state index in [1.807, 2.05) is 13.2 Å². The number of hydrogen-bond acceptors (Lipinski definition) is 3. The van der Waals surface area contributed by atoms with E-state index in [9.17, 15) is 9.90 Å². The van der Waals surface area contributed by atoms with Crippen LogP contribution in [0.2, 0.25) is 0 Å². The minimum Gasteiger partial charge on any atom is -0.390 e. The molecule has 1 heterocycles. The van der Waals surface area contributed by atoms with Crippen molar-refractivity contribution in [1.29, 1.82) is 0 Å². The SMILES string of the molecule is CN(CCC(C)(C)O)C(=O)/C=C/c1cnn(C)c1. The van der Waals surface area contributed by atoms with Gasteiger partial charge in [-0.25, -0.2) is 0 Å². The van der Waals surface area contributed by atoms with Gasteiger partial charge in [-0.1, -0.05) is 0 Å². The maximum atomic E-state index is 11.8. The molecule has 1 aromatic rings. The first kappa shape index (κ1) is 14.4. The molecule has 0 unspecified atom stereocenters. The molecule has 100 valence electrons. The monoisotopic (exact) mass is 251 g/mol. The summed E-state index contributed by atoms with van der Waals surface area (Å²) in [7, 11) is 3.55. The summed E-state index contributed by atoms with van der Waals surface area (Å²) in [6.45, 7) is 3.99. The lowest BCUT2D eigenvalue weighted by Gasteiger charge is -2.21. The number of amides is 1. The van der Waals surface area contributed by atoms with Crippen LogP contribution in [0, 0.1) is 0 Å². The van der Waals surface area contributed by atoms with Crippen LogP contribution in [0.5, 0.6) is 0 Å². The molecule has 0 spiro atoms. The molecule has 1 aromatic heterocycles. The number of likely N-dealkylation sites (N-methyl/N-ethyl adjacent to an activating group) is 1. The standard InChI is InChI=1S/C13H21N3O2/c1-13(2,18)7-8-15(3)12(17)6-5-11-9-14-16(4)10-11/h5-6,9-10,18H,7-8H2,1-4H3/b6-5+. The average molecular weight is 251 g/mol. The number of hydrogen-bond donors (Lipinski definition) is 1. The van der Waals surface area contributed by atoms with Crippen LogP contribution in [0.25, 0.3) is 6.08 Å². The summed E-state index contributed by atoms with van der Waals surface area (Å²) in [6.07, 6.45) is 7.33. The van der Waals surface area contributed by atoms with Crippen LogP contribution in [-0.4, -0.2) is 44.9 Å². The Morgan fingerprint density at radius 1 is 1.61 bits per heavy atom. The topological polar surface area (TPSA) is 58.4 Å². The van der Waals surface area contributed by atoms with Gasteiger partial charge >= 0.3 is 0 Å². The molecule has 0 fully saturated rings. The van der Waals surface area contributed by atoms with Gasteiger partial charge in [0.1, 0.15) is 0 Å². The summed E-state index contributed by atoms with van der Waals surface area (Å²) < 4.78 is 1.68. The third-order valence-electron chi connectivity index (χ3n) is 2.58. The highest BCUT2D eigenvalue weighted by molar-refractivity contribution is 5.91. The van der Waals surface area contributed by atoms with Gasteiger partial charge in [0.15, 0.2) is 0 Å². The van der Waals surface area contributed by atoms with Crippen LogP contribution in [0.15, 0.2) is 18.5 Å². The van der Waals surface area contributed by atoms with Crippen LogP contribution in [-0.2, 0) is 11.8 Å². The van der Waals surface area contributed by atoms with Gasteiger partial charge in [-0.2, -0.15) is 5.10 Å². The molecule has 0 aliphatic heterocycles. The molecule has 0 radical (unpaired) electrons. The fourth-order valence-corrected chi connectivity index (χ4v) is 1.37. The molecule has 0 atom stereocenters. The Morgan fingerprint density at radius 3 is 2.78 bits per heavy atom. The molecule has 1 rings (SSSR count). The van der Waals surface area contributed by atoms with Crippen molar-refractivity contribution in [2.45, 2.75) is 25.9 Å². The van der Waals surface area contributed by atoms with E-state index in [4.69, 9.17) is 0 Å². The molecule has 5 nitrogen and oxygen atoms in total. The summed E-state index contributed by atoms with van der Waals surface area (Å²) in [5.74, 6) is -0.0805. The Kier molecular flexibility index (Phi) is 4.67. The van der Waals surface area contributed by atoms with Crippen LogP contribution in [0.4, 0.5) is 0 Å². The van der Waals surface area contributed by atoms with Gasteiger partial charge < -0.3 is 10.0 Å². The van der Waals surface area contributed by atoms with Crippen molar-refractivity contribution in [3.05, 3.63) is 24.0 Å². The Bertz CT molecular complexity index is 430. The number of nitrogens with zero attached hydrogens (tertiary/aromatic N) is 3. The molecule has 0 aromatic carbocycles. The maximum Gasteiger partial charge on any atom is 0.246 e. The summed E-state index contributed by atoms with van der Waals surface area (Å²) in [5.41, 5.74) is 0.142. The fourth-order valence-electron chi connectivity index (χ4n) is 1.37. The first-order valence-electron chi connectivity index (χ1n) is 5.92. The number of aliphatic hydroxyl groups is 1. The summed E-state index contributed by atoms with van der Waals surface area (Å²) in [5, 5.41) is 13.6. The van der Waals surface area contributed by atoms with E-state index < -0.39 is 5.60 Å². The van der Waals surface area contributed by atoms with Crippen molar-refractivity contribution < 1.29 is 9.90 Å². The van der Waals surface area contributed by atoms with E-state index in [0.717, 1.165) is 5.56 Å². The highest BCUT2D eigenvalue weighted by Gasteiger charge is 2.14. The van der Waals surface area contributed by atoms with Crippen LogP contribution in [0.1, 0.15) is 25.8 Å². The van der Waals surface area contributed by atoms with Gasteiger partial charge in [-0.3, -0.25) is 9.48 Å². The number of aromatic nitrogens is 2. The number of carbonyl (C=O) groups excluding carboxylic acids is 1. The molecular weight excluding hydrogens is 230 g/mol. The lowest BCUT2D eigenvalue weighted by molar-refractivity contribution is -0.125. The second kappa shape index (κ2) is 5.82. The number of rotatable bonds is 5. The zero-order chi connectivity index (χ0) is 13.8. The first-order chi connectivity index (χ1) is 8.28. The molecule has 0 bridgehead atoms. The second-order valence-corrected chi connectivity index (χ2v) is 5.10. The van der Waals surface area contributed by atoms with Crippen molar-refractivity contribution >= 4 is 12.0 Å². The molecule has 0 saturated heterocycles. The quantitative estimate of drug-likeness (QED) is 0.796. The summed E-state index contributed by atoms with van der Waals surface area (Å²) in [4.78, 5) is 13.4. The van der Waals surface area contributed by atoms with E-state index in [2.05, 4.69) is 5.10 Å². The third-order valence-corrected chi connectivity index (χ3v) is 2.58. The highest BCUT2D eigenvalue weighted by Crippen LogP contribution is 2.08. The van der Waals surface area contributed by atoms with Gasteiger partial charge in [0.05, 0.1) is 11.8 Å². The Labute approximate surface area is 108 Å². The predicted octanol–water partition coefficient (Wildman–Crippen LogP) is 1.05. The normalized spacial score (nSPS) is 12.1. The molecule has 0 saturated carbocycles. The van der Waals surface area contributed by atoms with Crippen LogP contribution in [0.3, 0.4) is 0 Å². The number of aryl methyl sites for hydroxylation is 1. The molecule has 18 heavy (non-hydrogen) atoms. The van der Waals surface area contributed by atoms with Gasteiger partial charge in [0, 0.05) is 38.5 Å². The molecular formula is C13H21N3O2. The van der Waals surface area contributed by atoms with Gasteiger partial charge in [-0.15, -0.1) is 0 Å². The zero-order valence-electron chi connectivity index (χ0n) is 11.4. The lowest BCUT2D eigenvalue weighted by Crippen LogP contribution is -2.31. The van der Waals surface area contributed by atoms with E-state index >= 15 is 0 Å². The minimum absolute atomic E-state index is 0.0805. The van der Waals surface area contributed by atoms with Gasteiger partial charge in [0.2, 0.25) is 5.91 Å². The molecule has 1 amide bonds. The van der Waals surface area contributed by atoms with Crippen molar-refractivity contribution in [2.24, 2.45) is 7.05 Å². The number of carbonyl (C=O) groups is 1. The maximum absolute atomic E-state index is 11.8. The average Bonchev–Trinajstić information content (AvgIpc) is 2.67. The molecule has 0 aliphatic rings. The van der Waals surface area contributed by atoms with Crippen molar-refractivity contribution in [2.75, 3.05) is 13.6 Å². The van der Waals surface area contributed by atoms with Crippen molar-refractivity contribution in [3.63, 3.8) is 0 Å². The Balaban J connectivity index is 2.47. The summed E-state index contributed by atoms with van der Waals surface area (Å²) >= 11 is 0. The molecule has 1 N–H and O–H groups in total. The Hall–Kier alpha value is -1.62. The Morgan fingerprint density at radius 2 is 2.28 bits per heavy atom. The molecule has 0 aliphatic carbocycles. The van der Waals surface area contributed by atoms with Crippen LogP contribution < -0.4 is 0 Å². The third kappa shape index (κ3) is 5.14. The van der Waals surface area contributed by atoms with Crippen molar-refractivity contribution in [1.82, 2.24) is 14.7 Å². The lowest BCUT2D eigenvalue weighted by atomic mass is 10.1. The largest absolute Gasteiger partial charge is 0.390 e. The first-order valence-corrected chi connectivity index (χ1v) is 5.92.